The molecule has 4 rings (SSSR count). The van der Waals surface area contributed by atoms with Gasteiger partial charge in [0.15, 0.2) is 0 Å². The quantitative estimate of drug-likeness (QED) is 0.622. The number of nitrogens with zero attached hydrogens (tertiary/aromatic N) is 3. The van der Waals surface area contributed by atoms with Crippen LogP contribution in [0.4, 0.5) is 16.2 Å². The Kier molecular flexibility index (Phi) is 6.43. The summed E-state index contributed by atoms with van der Waals surface area (Å²) in [6, 6.07) is 29.6. The molecule has 31 heavy (non-hydrogen) atoms. The van der Waals surface area contributed by atoms with Crippen molar-refractivity contribution in [2.75, 3.05) is 30.0 Å². The highest BCUT2D eigenvalue weighted by molar-refractivity contribution is 6.03. The second-order valence-corrected chi connectivity index (χ2v) is 7.91. The largest absolute Gasteiger partial charge is 0.343 e. The summed E-state index contributed by atoms with van der Waals surface area (Å²) in [7, 11) is 1.79. The number of anilines is 2. The van der Waals surface area contributed by atoms with Gasteiger partial charge in [0.1, 0.15) is 0 Å². The second-order valence-electron chi connectivity index (χ2n) is 7.91. The molecule has 1 atom stereocenters. The van der Waals surface area contributed by atoms with Crippen molar-refractivity contribution >= 4 is 23.1 Å². The third-order valence-electron chi connectivity index (χ3n) is 5.80. The molecule has 1 fully saturated rings. The Morgan fingerprint density at radius 2 is 1.45 bits per heavy atom. The molecule has 3 aromatic rings. The SMILES string of the molecule is CN(C(=O)N(c1ccccc1)N1CCC(Cc2ccccc2)C(=N)C1)c1ccccc1. The predicted octanol–water partition coefficient (Wildman–Crippen LogP) is 5.25. The van der Waals surface area contributed by atoms with Crippen LogP contribution in [0, 0.1) is 11.3 Å². The molecule has 2 amide bonds. The van der Waals surface area contributed by atoms with Gasteiger partial charge in [-0.2, -0.15) is 0 Å². The number of para-hydroxylation sites is 2. The van der Waals surface area contributed by atoms with E-state index >= 15 is 0 Å². The van der Waals surface area contributed by atoms with E-state index in [-0.39, 0.29) is 11.9 Å². The Morgan fingerprint density at radius 3 is 2.03 bits per heavy atom. The zero-order chi connectivity index (χ0) is 21.6. The lowest BCUT2D eigenvalue weighted by Crippen LogP contribution is -2.56. The van der Waals surface area contributed by atoms with E-state index in [1.807, 2.05) is 83.9 Å². The first-order valence-corrected chi connectivity index (χ1v) is 10.7. The zero-order valence-electron chi connectivity index (χ0n) is 17.8. The lowest BCUT2D eigenvalue weighted by molar-refractivity contribution is 0.214. The number of hydrazine groups is 1. The van der Waals surface area contributed by atoms with Crippen molar-refractivity contribution in [2.45, 2.75) is 12.8 Å². The summed E-state index contributed by atoms with van der Waals surface area (Å²) in [6.07, 6.45) is 1.72. The molecule has 1 N–H and O–H groups in total. The molecule has 0 saturated carbocycles. The van der Waals surface area contributed by atoms with Gasteiger partial charge in [0.05, 0.1) is 12.2 Å². The maximum atomic E-state index is 13.6. The van der Waals surface area contributed by atoms with Crippen molar-refractivity contribution in [1.82, 2.24) is 5.01 Å². The first-order chi connectivity index (χ1) is 15.1. The molecule has 1 saturated heterocycles. The fraction of sp³-hybridized carbons (Fsp3) is 0.231. The maximum Gasteiger partial charge on any atom is 0.343 e. The lowest BCUT2D eigenvalue weighted by atomic mass is 9.89. The fourth-order valence-corrected chi connectivity index (χ4v) is 4.05. The molecule has 1 aliphatic heterocycles. The van der Waals surface area contributed by atoms with Crippen LogP contribution >= 0.6 is 0 Å². The van der Waals surface area contributed by atoms with E-state index in [4.69, 9.17) is 5.41 Å². The molecule has 0 aromatic heterocycles. The van der Waals surface area contributed by atoms with Crippen LogP contribution < -0.4 is 9.91 Å². The molecule has 158 valence electrons. The molecular formula is C26H28N4O. The number of urea groups is 1. The number of carbonyl (C=O) groups is 1. The average Bonchev–Trinajstić information content (AvgIpc) is 2.82. The van der Waals surface area contributed by atoms with Gasteiger partial charge in [0.25, 0.3) is 0 Å². The van der Waals surface area contributed by atoms with E-state index in [0.29, 0.717) is 12.3 Å². The van der Waals surface area contributed by atoms with Crippen LogP contribution in [0.2, 0.25) is 0 Å². The minimum absolute atomic E-state index is 0.133. The van der Waals surface area contributed by atoms with Crippen molar-refractivity contribution < 1.29 is 4.79 Å². The van der Waals surface area contributed by atoms with E-state index in [1.165, 1.54) is 5.56 Å². The predicted molar refractivity (Wildman–Crippen MR) is 127 cm³/mol. The Bertz CT molecular complexity index is 1010. The smallest absolute Gasteiger partial charge is 0.308 e. The van der Waals surface area contributed by atoms with E-state index in [2.05, 4.69) is 12.1 Å². The topological polar surface area (TPSA) is 50.6 Å². The number of hydrogen-bond acceptors (Lipinski definition) is 3. The first-order valence-electron chi connectivity index (χ1n) is 10.7. The first kappa shape index (κ1) is 20.8. The van der Waals surface area contributed by atoms with Crippen molar-refractivity contribution in [3.8, 4) is 0 Å². The van der Waals surface area contributed by atoms with Gasteiger partial charge in [-0.3, -0.25) is 4.90 Å². The second kappa shape index (κ2) is 9.58. The maximum absolute atomic E-state index is 13.6. The van der Waals surface area contributed by atoms with Crippen LogP contribution in [0.5, 0.6) is 0 Å². The number of hydrogen-bond donors (Lipinski definition) is 1. The van der Waals surface area contributed by atoms with Crippen LogP contribution in [0.1, 0.15) is 12.0 Å². The molecule has 0 aliphatic carbocycles. The number of piperidine rings is 1. The molecular weight excluding hydrogens is 384 g/mol. The van der Waals surface area contributed by atoms with Crippen LogP contribution in [0.25, 0.3) is 0 Å². The Morgan fingerprint density at radius 1 is 0.903 bits per heavy atom. The average molecular weight is 413 g/mol. The van der Waals surface area contributed by atoms with Crippen molar-refractivity contribution in [1.29, 1.82) is 5.41 Å². The van der Waals surface area contributed by atoms with Gasteiger partial charge in [0, 0.05) is 30.9 Å². The molecule has 0 bridgehead atoms. The molecule has 1 heterocycles. The highest BCUT2D eigenvalue weighted by Crippen LogP contribution is 2.26. The summed E-state index contributed by atoms with van der Waals surface area (Å²) in [5.41, 5.74) is 3.57. The van der Waals surface area contributed by atoms with Gasteiger partial charge >= 0.3 is 6.03 Å². The molecule has 5 nitrogen and oxygen atoms in total. The Labute approximate surface area is 184 Å². The van der Waals surface area contributed by atoms with E-state index < -0.39 is 0 Å². The van der Waals surface area contributed by atoms with Gasteiger partial charge in [0.2, 0.25) is 0 Å². The Hall–Kier alpha value is -3.44. The summed E-state index contributed by atoms with van der Waals surface area (Å²) in [5, 5.41) is 12.4. The zero-order valence-corrected chi connectivity index (χ0v) is 17.8. The van der Waals surface area contributed by atoms with Gasteiger partial charge in [-0.05, 0) is 42.7 Å². The van der Waals surface area contributed by atoms with E-state index in [0.717, 1.165) is 30.8 Å². The fourth-order valence-electron chi connectivity index (χ4n) is 4.05. The van der Waals surface area contributed by atoms with Gasteiger partial charge in [-0.25, -0.2) is 14.8 Å². The molecule has 0 radical (unpaired) electrons. The normalized spacial score (nSPS) is 16.7. The summed E-state index contributed by atoms with van der Waals surface area (Å²) >= 11 is 0. The number of benzene rings is 3. The summed E-state index contributed by atoms with van der Waals surface area (Å²) < 4.78 is 0. The summed E-state index contributed by atoms with van der Waals surface area (Å²) in [4.78, 5) is 15.2. The minimum Gasteiger partial charge on any atom is -0.308 e. The third-order valence-corrected chi connectivity index (χ3v) is 5.80. The monoisotopic (exact) mass is 412 g/mol. The molecule has 3 aromatic carbocycles. The number of carbonyl (C=O) groups excluding carboxylic acids is 1. The Balaban J connectivity index is 1.54. The number of rotatable bonds is 5. The van der Waals surface area contributed by atoms with Crippen molar-refractivity contribution in [3.63, 3.8) is 0 Å². The molecule has 5 heteroatoms. The van der Waals surface area contributed by atoms with E-state index in [9.17, 15) is 4.79 Å². The van der Waals surface area contributed by atoms with Crippen molar-refractivity contribution in [2.24, 2.45) is 5.92 Å². The highest BCUT2D eigenvalue weighted by Gasteiger charge is 2.32. The van der Waals surface area contributed by atoms with Crippen LogP contribution in [0.15, 0.2) is 91.0 Å². The van der Waals surface area contributed by atoms with E-state index in [1.54, 1.807) is 17.0 Å². The van der Waals surface area contributed by atoms with Crippen LogP contribution in [-0.2, 0) is 6.42 Å². The molecule has 0 spiro atoms. The summed E-state index contributed by atoms with van der Waals surface area (Å²) in [5.74, 6) is 0.207. The third kappa shape index (κ3) is 4.84. The van der Waals surface area contributed by atoms with Crippen LogP contribution in [0.3, 0.4) is 0 Å². The molecule has 1 unspecified atom stereocenters. The number of amides is 2. The minimum atomic E-state index is -0.133. The van der Waals surface area contributed by atoms with Gasteiger partial charge in [-0.1, -0.05) is 66.7 Å². The summed E-state index contributed by atoms with van der Waals surface area (Å²) in [6.45, 7) is 1.17. The molecule has 1 aliphatic rings. The lowest BCUT2D eigenvalue weighted by Gasteiger charge is -2.41. The van der Waals surface area contributed by atoms with Gasteiger partial charge < -0.3 is 5.41 Å². The van der Waals surface area contributed by atoms with Crippen LogP contribution in [-0.4, -0.2) is 36.9 Å². The van der Waals surface area contributed by atoms with Crippen molar-refractivity contribution in [3.05, 3.63) is 96.6 Å². The highest BCUT2D eigenvalue weighted by atomic mass is 16.2. The number of nitrogens with one attached hydrogen (secondary N) is 1. The standard InChI is InChI=1S/C26H28N4O/c1-28(23-13-7-3-8-14-23)26(31)30(24-15-9-4-10-16-24)29-18-17-22(25(27)20-29)19-21-11-5-2-6-12-21/h2-16,22,27H,17-20H2,1H3. The van der Waals surface area contributed by atoms with Gasteiger partial charge in [-0.15, -0.1) is 0 Å².